The van der Waals surface area contributed by atoms with Crippen molar-refractivity contribution >= 4 is 25.7 Å². The van der Waals surface area contributed by atoms with Crippen molar-refractivity contribution in [2.24, 2.45) is 0 Å². The summed E-state index contributed by atoms with van der Waals surface area (Å²) in [5.41, 5.74) is 3.47. The van der Waals surface area contributed by atoms with Crippen LogP contribution in [-0.4, -0.2) is 34.3 Å². The Morgan fingerprint density at radius 2 is 1.92 bits per heavy atom. The average Bonchev–Trinajstić information content (AvgIpc) is 1.85. The molecule has 0 fully saturated rings. The second kappa shape index (κ2) is 7.33. The number of halogens is 1. The summed E-state index contributed by atoms with van der Waals surface area (Å²) in [5, 5.41) is 0. The summed E-state index contributed by atoms with van der Waals surface area (Å²) in [6, 6.07) is 0. The Morgan fingerprint density at radius 3 is 2.00 bits per heavy atom. The zero-order valence-corrected chi connectivity index (χ0v) is 8.61. The summed E-state index contributed by atoms with van der Waals surface area (Å²) >= 11 is 0. The molecule has 0 aliphatic heterocycles. The first-order valence-corrected chi connectivity index (χ1v) is 5.78. The molecule has 3 N–H and O–H groups in total. The summed E-state index contributed by atoms with van der Waals surface area (Å²) < 4.78 is 23.1. The van der Waals surface area contributed by atoms with Crippen molar-refractivity contribution in [2.75, 3.05) is 19.9 Å². The molecule has 0 bridgehead atoms. The molecule has 0 rings (SSSR count). The lowest BCUT2D eigenvalue weighted by Gasteiger charge is -1.89. The largest absolute Gasteiger partial charge is 0.469 e. The van der Waals surface area contributed by atoms with E-state index in [4.69, 9.17) is 0 Å². The smallest absolute Gasteiger partial charge is 0.311 e. The number of carbonyl (C=O) groups excluding carboxylic acids is 1. The maximum Gasteiger partial charge on any atom is 0.311 e. The molecule has 0 aliphatic carbocycles. The molecule has 5 nitrogen and oxygen atoms in total. The van der Waals surface area contributed by atoms with Crippen molar-refractivity contribution in [3.8, 4) is 0 Å². The third-order valence-corrected chi connectivity index (χ3v) is 0.609. The van der Waals surface area contributed by atoms with E-state index in [0.29, 0.717) is 13.0 Å². The van der Waals surface area contributed by atoms with Gasteiger partial charge in [0.2, 0.25) is 9.05 Å². The summed E-state index contributed by atoms with van der Waals surface area (Å²) in [7, 11) is 2.68. The zero-order valence-electron chi connectivity index (χ0n) is 7.04. The average molecular weight is 219 g/mol. The van der Waals surface area contributed by atoms with Crippen LogP contribution in [0.5, 0.6) is 0 Å². The van der Waals surface area contributed by atoms with E-state index in [1.54, 1.807) is 0 Å². The molecule has 7 heteroatoms. The van der Waals surface area contributed by atoms with E-state index >= 15 is 0 Å². The van der Waals surface area contributed by atoms with Crippen LogP contribution in [0.25, 0.3) is 0 Å². The fourth-order valence-corrected chi connectivity index (χ4v) is 0.246. The van der Waals surface area contributed by atoms with Gasteiger partial charge in [-0.05, 0) is 0 Å². The first-order valence-electron chi connectivity index (χ1n) is 3.07. The molecule has 0 saturated heterocycles. The van der Waals surface area contributed by atoms with Gasteiger partial charge in [-0.1, -0.05) is 0 Å². The minimum Gasteiger partial charge on any atom is -0.469 e. The van der Waals surface area contributed by atoms with Crippen molar-refractivity contribution in [3.05, 3.63) is 0 Å². The van der Waals surface area contributed by atoms with Crippen molar-refractivity contribution in [3.63, 3.8) is 0 Å². The van der Waals surface area contributed by atoms with Gasteiger partial charge in [-0.2, -0.15) is 0 Å². The highest BCUT2D eigenvalue weighted by Crippen LogP contribution is 1.83. The number of quaternary nitrogens is 1. The van der Waals surface area contributed by atoms with Crippen LogP contribution in [0, 0.1) is 0 Å². The van der Waals surface area contributed by atoms with Gasteiger partial charge in [0.1, 0.15) is 0 Å². The molecule has 12 heavy (non-hydrogen) atoms. The van der Waals surface area contributed by atoms with Crippen molar-refractivity contribution < 1.29 is 23.7 Å². The van der Waals surface area contributed by atoms with Gasteiger partial charge < -0.3 is 10.5 Å². The second-order valence-electron chi connectivity index (χ2n) is 1.86. The summed E-state index contributed by atoms with van der Waals surface area (Å²) in [4.78, 5) is 10.1. The molecular weight excluding hydrogens is 206 g/mol. The maximum atomic E-state index is 10.1. The Labute approximate surface area is 76.3 Å². The lowest BCUT2D eigenvalue weighted by molar-refractivity contribution is -0.366. The SMILES string of the molecule is COC(=O)CC[NH3+].CS(=O)(=O)Cl. The molecule has 0 saturated carbocycles. The Kier molecular flexibility index (Phi) is 8.67. The van der Waals surface area contributed by atoms with Gasteiger partial charge in [0.25, 0.3) is 0 Å². The van der Waals surface area contributed by atoms with Gasteiger partial charge in [0.15, 0.2) is 0 Å². The van der Waals surface area contributed by atoms with Crippen LogP contribution in [0.15, 0.2) is 0 Å². The quantitative estimate of drug-likeness (QED) is 0.475. The number of methoxy groups -OCH3 is 1. The lowest BCUT2D eigenvalue weighted by atomic mass is 10.4. The second-order valence-corrected chi connectivity index (χ2v) is 4.91. The fraction of sp³-hybridized carbons (Fsp3) is 0.800. The van der Waals surface area contributed by atoms with E-state index in [1.807, 2.05) is 0 Å². The van der Waals surface area contributed by atoms with Crippen molar-refractivity contribution in [2.45, 2.75) is 6.42 Å². The van der Waals surface area contributed by atoms with E-state index in [2.05, 4.69) is 21.2 Å². The van der Waals surface area contributed by atoms with Crippen LogP contribution in [0.1, 0.15) is 6.42 Å². The van der Waals surface area contributed by atoms with E-state index < -0.39 is 9.05 Å². The molecule has 0 atom stereocenters. The minimum atomic E-state index is -3.19. The first kappa shape index (κ1) is 14.2. The molecular formula is C5H13ClNO4S+. The van der Waals surface area contributed by atoms with Gasteiger partial charge in [-0.15, -0.1) is 0 Å². The molecule has 0 aromatic heterocycles. The van der Waals surface area contributed by atoms with Crippen molar-refractivity contribution in [1.82, 2.24) is 0 Å². The lowest BCUT2D eigenvalue weighted by Crippen LogP contribution is -2.51. The third-order valence-electron chi connectivity index (χ3n) is 0.609. The predicted molar refractivity (Wildman–Crippen MR) is 45.1 cm³/mol. The number of rotatable bonds is 2. The monoisotopic (exact) mass is 218 g/mol. The fourth-order valence-electron chi connectivity index (χ4n) is 0.246. The number of carbonyl (C=O) groups is 1. The summed E-state index contributed by atoms with van der Waals surface area (Å²) in [6.45, 7) is 0.618. The number of esters is 1. The van der Waals surface area contributed by atoms with Crippen LogP contribution >= 0.6 is 10.7 Å². The molecule has 0 amide bonds. The number of hydrogen-bond acceptors (Lipinski definition) is 4. The van der Waals surface area contributed by atoms with Crippen LogP contribution in [0.3, 0.4) is 0 Å². The van der Waals surface area contributed by atoms with Gasteiger partial charge in [-0.3, -0.25) is 4.79 Å². The molecule has 74 valence electrons. The van der Waals surface area contributed by atoms with Crippen LogP contribution in [0.2, 0.25) is 0 Å². The normalized spacial score (nSPS) is 9.67. The Bertz CT molecular complexity index is 205. The molecule has 0 spiro atoms. The molecule has 0 aliphatic rings. The van der Waals surface area contributed by atoms with Crippen LogP contribution in [0.4, 0.5) is 0 Å². The van der Waals surface area contributed by atoms with Crippen molar-refractivity contribution in [1.29, 1.82) is 0 Å². The molecule has 0 radical (unpaired) electrons. The third kappa shape index (κ3) is 33.3. The molecule has 0 unspecified atom stereocenters. The van der Waals surface area contributed by atoms with E-state index in [1.165, 1.54) is 7.11 Å². The standard InChI is InChI=1S/C4H9NO2.CH3ClO2S/c1-7-4(6)2-3-5;1-5(2,3)4/h2-3,5H2,1H3;1H3/p+1. The molecule has 0 aromatic rings. The van der Waals surface area contributed by atoms with E-state index in [0.717, 1.165) is 6.26 Å². The molecule has 0 heterocycles. The minimum absolute atomic E-state index is 0.185. The first-order chi connectivity index (χ1) is 5.31. The Balaban J connectivity index is 0. The Morgan fingerprint density at radius 1 is 1.58 bits per heavy atom. The van der Waals surface area contributed by atoms with E-state index in [-0.39, 0.29) is 5.97 Å². The number of ether oxygens (including phenoxy) is 1. The van der Waals surface area contributed by atoms with Crippen LogP contribution in [-0.2, 0) is 18.6 Å². The molecule has 0 aromatic carbocycles. The highest BCUT2D eigenvalue weighted by atomic mass is 35.7. The number of hydrogen-bond donors (Lipinski definition) is 1. The summed E-state index contributed by atoms with van der Waals surface area (Å²) in [6.07, 6.45) is 1.35. The predicted octanol–water partition coefficient (Wildman–Crippen LogP) is -1.02. The van der Waals surface area contributed by atoms with Gasteiger partial charge >= 0.3 is 5.97 Å². The highest BCUT2D eigenvalue weighted by Gasteiger charge is 1.95. The van der Waals surface area contributed by atoms with Gasteiger partial charge in [0.05, 0.1) is 26.3 Å². The zero-order chi connectivity index (χ0) is 10.2. The van der Waals surface area contributed by atoms with Gasteiger partial charge in [0, 0.05) is 10.7 Å². The Hall–Kier alpha value is -0.330. The highest BCUT2D eigenvalue weighted by molar-refractivity contribution is 8.13. The van der Waals surface area contributed by atoms with E-state index in [9.17, 15) is 13.2 Å². The summed E-state index contributed by atoms with van der Waals surface area (Å²) in [5.74, 6) is -0.185. The topological polar surface area (TPSA) is 88.1 Å². The van der Waals surface area contributed by atoms with Gasteiger partial charge in [-0.25, -0.2) is 8.42 Å². The maximum absolute atomic E-state index is 10.1. The van der Waals surface area contributed by atoms with Crippen LogP contribution < -0.4 is 5.73 Å².